The minimum atomic E-state index is 0.853. The standard InChI is InChI=1S/C8H16BNS2/c1-11-10-7-3-2-4-8(12-9)6-5-7/h5,8,10H,2-4,6,9H2,1H3. The maximum atomic E-state index is 3.34. The van der Waals surface area contributed by atoms with Crippen molar-refractivity contribution in [3.63, 3.8) is 0 Å². The van der Waals surface area contributed by atoms with Crippen molar-refractivity contribution in [1.82, 2.24) is 4.72 Å². The van der Waals surface area contributed by atoms with E-state index in [1.165, 1.54) is 31.4 Å². The summed E-state index contributed by atoms with van der Waals surface area (Å²) in [5.74, 6) is 0. The van der Waals surface area contributed by atoms with E-state index < -0.39 is 0 Å². The number of rotatable bonds is 3. The summed E-state index contributed by atoms with van der Waals surface area (Å²) in [7, 11) is 2.21. The minimum absolute atomic E-state index is 0.853. The maximum Gasteiger partial charge on any atom is 0.173 e. The topological polar surface area (TPSA) is 12.0 Å². The predicted octanol–water partition coefficient (Wildman–Crippen LogP) is 1.96. The van der Waals surface area contributed by atoms with Crippen LogP contribution in [0.2, 0.25) is 0 Å². The van der Waals surface area contributed by atoms with E-state index in [0.717, 1.165) is 5.25 Å². The molecule has 1 N–H and O–H groups in total. The Morgan fingerprint density at radius 3 is 3.17 bits per heavy atom. The van der Waals surface area contributed by atoms with Gasteiger partial charge in [0.2, 0.25) is 0 Å². The third-order valence-electron chi connectivity index (χ3n) is 2.17. The van der Waals surface area contributed by atoms with Crippen molar-refractivity contribution in [2.45, 2.75) is 30.9 Å². The molecule has 0 aromatic heterocycles. The average Bonchev–Trinajstić information content (AvgIpc) is 2.31. The lowest BCUT2D eigenvalue weighted by Crippen LogP contribution is -2.00. The van der Waals surface area contributed by atoms with Crippen LogP contribution in [0.3, 0.4) is 0 Å². The third-order valence-corrected chi connectivity index (χ3v) is 3.73. The van der Waals surface area contributed by atoms with Crippen LogP contribution < -0.4 is 4.72 Å². The van der Waals surface area contributed by atoms with Gasteiger partial charge in [0.05, 0.1) is 0 Å². The Balaban J connectivity index is 2.39. The Labute approximate surface area is 84.6 Å². The highest BCUT2D eigenvalue weighted by atomic mass is 32.2. The number of allylic oxidation sites excluding steroid dienone is 2. The van der Waals surface area contributed by atoms with Crippen LogP contribution in [-0.2, 0) is 0 Å². The van der Waals surface area contributed by atoms with Crippen molar-refractivity contribution in [3.05, 3.63) is 11.8 Å². The van der Waals surface area contributed by atoms with Crippen LogP contribution >= 0.6 is 23.6 Å². The number of hydrogen-bond donors (Lipinski definition) is 1. The molecule has 1 aliphatic rings. The highest BCUT2D eigenvalue weighted by Crippen LogP contribution is 2.24. The van der Waals surface area contributed by atoms with E-state index >= 15 is 0 Å². The molecule has 0 saturated heterocycles. The average molecular weight is 201 g/mol. The zero-order valence-corrected chi connectivity index (χ0v) is 9.43. The lowest BCUT2D eigenvalue weighted by Gasteiger charge is -2.07. The normalized spacial score (nSPS) is 24.4. The van der Waals surface area contributed by atoms with Crippen molar-refractivity contribution in [2.24, 2.45) is 0 Å². The molecule has 4 heteroatoms. The molecule has 0 spiro atoms. The maximum absolute atomic E-state index is 3.34. The van der Waals surface area contributed by atoms with Crippen LogP contribution in [0.1, 0.15) is 25.7 Å². The number of hydrogen-bond acceptors (Lipinski definition) is 3. The summed E-state index contributed by atoms with van der Waals surface area (Å²) in [6.45, 7) is 0. The molecule has 1 rings (SSSR count). The van der Waals surface area contributed by atoms with E-state index in [1.54, 1.807) is 11.9 Å². The molecule has 1 aliphatic carbocycles. The fraction of sp³-hybridized carbons (Fsp3) is 0.750. The van der Waals surface area contributed by atoms with Crippen molar-refractivity contribution >= 4 is 30.7 Å². The van der Waals surface area contributed by atoms with E-state index in [2.05, 4.69) is 24.2 Å². The first kappa shape index (κ1) is 10.4. The lowest BCUT2D eigenvalue weighted by molar-refractivity contribution is 0.722. The van der Waals surface area contributed by atoms with E-state index in [0.29, 0.717) is 0 Å². The SMILES string of the molecule is BSC1CC=C(NSC)CCC1. The summed E-state index contributed by atoms with van der Waals surface area (Å²) in [5, 5.41) is 0.853. The highest BCUT2D eigenvalue weighted by molar-refractivity contribution is 8.20. The van der Waals surface area contributed by atoms with Crippen LogP contribution in [-0.4, -0.2) is 18.6 Å². The largest absolute Gasteiger partial charge is 0.334 e. The zero-order valence-electron chi connectivity index (χ0n) is 7.80. The van der Waals surface area contributed by atoms with Crippen LogP contribution in [0.5, 0.6) is 0 Å². The van der Waals surface area contributed by atoms with E-state index in [9.17, 15) is 0 Å². The smallest absolute Gasteiger partial charge is 0.173 e. The van der Waals surface area contributed by atoms with Gasteiger partial charge in [-0.25, -0.2) is 11.6 Å². The van der Waals surface area contributed by atoms with Gasteiger partial charge in [-0.1, -0.05) is 18.0 Å². The van der Waals surface area contributed by atoms with Gasteiger partial charge < -0.3 is 4.72 Å². The summed E-state index contributed by atoms with van der Waals surface area (Å²) in [4.78, 5) is 0. The zero-order chi connectivity index (χ0) is 8.81. The molecular formula is C8H16BNS2. The van der Waals surface area contributed by atoms with Crippen molar-refractivity contribution in [1.29, 1.82) is 0 Å². The molecule has 0 bridgehead atoms. The fourth-order valence-electron chi connectivity index (χ4n) is 1.45. The molecule has 12 heavy (non-hydrogen) atoms. The molecule has 0 aliphatic heterocycles. The predicted molar refractivity (Wildman–Crippen MR) is 63.1 cm³/mol. The van der Waals surface area contributed by atoms with Gasteiger partial charge in [0, 0.05) is 12.0 Å². The van der Waals surface area contributed by atoms with Crippen molar-refractivity contribution in [3.8, 4) is 0 Å². The Morgan fingerprint density at radius 1 is 1.67 bits per heavy atom. The molecule has 1 atom stereocenters. The Hall–Kier alpha value is 0.305. The van der Waals surface area contributed by atoms with Gasteiger partial charge in [-0.3, -0.25) is 0 Å². The lowest BCUT2D eigenvalue weighted by atomic mass is 10.2. The van der Waals surface area contributed by atoms with Gasteiger partial charge in [0.25, 0.3) is 0 Å². The third kappa shape index (κ3) is 3.36. The molecule has 0 radical (unpaired) electrons. The Bertz CT molecular complexity index is 161. The molecule has 0 aromatic carbocycles. The van der Waals surface area contributed by atoms with Gasteiger partial charge in [0.15, 0.2) is 7.12 Å². The summed E-state index contributed by atoms with van der Waals surface area (Å²) in [6.07, 6.45) is 9.63. The molecule has 1 nitrogen and oxygen atoms in total. The first-order valence-corrected chi connectivity index (χ1v) is 6.89. The van der Waals surface area contributed by atoms with Crippen LogP contribution in [0.15, 0.2) is 11.8 Å². The van der Waals surface area contributed by atoms with E-state index in [1.807, 2.05) is 11.6 Å². The summed E-state index contributed by atoms with van der Waals surface area (Å²) >= 11 is 3.70. The molecule has 1 unspecified atom stereocenters. The summed E-state index contributed by atoms with van der Waals surface area (Å²) in [5.41, 5.74) is 1.43. The van der Waals surface area contributed by atoms with Gasteiger partial charge in [-0.15, -0.1) is 0 Å². The number of nitrogens with one attached hydrogen (secondary N) is 1. The van der Waals surface area contributed by atoms with Crippen LogP contribution in [0.25, 0.3) is 0 Å². The molecule has 0 saturated carbocycles. The Morgan fingerprint density at radius 2 is 2.50 bits per heavy atom. The molecule has 68 valence electrons. The van der Waals surface area contributed by atoms with Crippen LogP contribution in [0, 0.1) is 0 Å². The quantitative estimate of drug-likeness (QED) is 0.553. The van der Waals surface area contributed by atoms with Gasteiger partial charge in [-0.2, -0.15) is 0 Å². The molecule has 0 fully saturated rings. The highest BCUT2D eigenvalue weighted by Gasteiger charge is 2.10. The Kier molecular flexibility index (Phi) is 5.08. The first-order valence-electron chi connectivity index (χ1n) is 4.37. The van der Waals surface area contributed by atoms with Crippen molar-refractivity contribution in [2.75, 3.05) is 6.26 Å². The molecule has 0 aromatic rings. The van der Waals surface area contributed by atoms with Crippen molar-refractivity contribution < 1.29 is 0 Å². The molecule has 0 amide bonds. The summed E-state index contributed by atoms with van der Waals surface area (Å²) < 4.78 is 3.34. The first-order chi connectivity index (χ1) is 5.86. The second kappa shape index (κ2) is 5.87. The fourth-order valence-corrected chi connectivity index (χ4v) is 2.59. The van der Waals surface area contributed by atoms with Gasteiger partial charge in [-0.05, 0) is 30.9 Å². The molecule has 0 heterocycles. The minimum Gasteiger partial charge on any atom is -0.334 e. The summed E-state index contributed by atoms with van der Waals surface area (Å²) in [6, 6.07) is 0. The van der Waals surface area contributed by atoms with E-state index in [4.69, 9.17) is 0 Å². The van der Waals surface area contributed by atoms with Crippen LogP contribution in [0.4, 0.5) is 0 Å². The molecular weight excluding hydrogens is 185 g/mol. The second-order valence-corrected chi connectivity index (χ2v) is 4.77. The van der Waals surface area contributed by atoms with E-state index in [-0.39, 0.29) is 0 Å². The second-order valence-electron chi connectivity index (χ2n) is 3.02. The van der Waals surface area contributed by atoms with Gasteiger partial charge in [0.1, 0.15) is 0 Å². The monoisotopic (exact) mass is 201 g/mol. The van der Waals surface area contributed by atoms with Gasteiger partial charge >= 0.3 is 0 Å².